The molecule has 0 saturated carbocycles. The minimum atomic E-state index is -0.670. The number of rotatable bonds is 2. The lowest BCUT2D eigenvalue weighted by molar-refractivity contribution is -0.138. The fourth-order valence-electron chi connectivity index (χ4n) is 1.93. The molecule has 1 heterocycles. The Morgan fingerprint density at radius 2 is 2.36 bits per heavy atom. The summed E-state index contributed by atoms with van der Waals surface area (Å²) in [4.78, 5) is 13.6. The summed E-state index contributed by atoms with van der Waals surface area (Å²) in [5.41, 5.74) is 1.08. The Hall–Kier alpha value is -0.830. The molecule has 1 unspecified atom stereocenters. The fourth-order valence-corrected chi connectivity index (χ4v) is 3.17. The third-order valence-corrected chi connectivity index (χ3v) is 4.27. The predicted octanol–water partition coefficient (Wildman–Crippen LogP) is 2.99. The van der Waals surface area contributed by atoms with Crippen molar-refractivity contribution in [2.24, 2.45) is 0 Å². The lowest BCUT2D eigenvalue weighted by Crippen LogP contribution is -2.07. The van der Waals surface area contributed by atoms with Gasteiger partial charge < -0.3 is 5.11 Å². The molecule has 0 aromatic carbocycles. The van der Waals surface area contributed by atoms with Gasteiger partial charge >= 0.3 is 5.97 Å². The van der Waals surface area contributed by atoms with Gasteiger partial charge in [0.05, 0.1) is 5.92 Å². The van der Waals surface area contributed by atoms with E-state index in [0.717, 1.165) is 18.4 Å². The maximum atomic E-state index is 10.9. The lowest BCUT2D eigenvalue weighted by atomic mass is 10.0. The number of fused-ring (bicyclic) bond motifs is 1. The summed E-state index contributed by atoms with van der Waals surface area (Å²) in [7, 11) is 0. The van der Waals surface area contributed by atoms with Crippen molar-refractivity contribution < 1.29 is 9.90 Å². The van der Waals surface area contributed by atoms with E-state index in [9.17, 15) is 4.79 Å². The first-order chi connectivity index (χ1) is 6.59. The third kappa shape index (κ3) is 1.46. The number of aliphatic carboxylic acids is 1. The van der Waals surface area contributed by atoms with Crippen LogP contribution in [-0.2, 0) is 11.2 Å². The number of carboxylic acids is 1. The van der Waals surface area contributed by atoms with Crippen LogP contribution in [0.3, 0.4) is 0 Å². The Morgan fingerprint density at radius 3 is 2.93 bits per heavy atom. The van der Waals surface area contributed by atoms with Crippen LogP contribution in [0.1, 0.15) is 47.4 Å². The highest BCUT2D eigenvalue weighted by molar-refractivity contribution is 7.12. The summed E-state index contributed by atoms with van der Waals surface area (Å²) >= 11 is 1.79. The molecule has 0 bridgehead atoms. The molecule has 14 heavy (non-hydrogen) atoms. The Balaban J connectivity index is 2.35. The van der Waals surface area contributed by atoms with Crippen molar-refractivity contribution >= 4 is 17.3 Å². The van der Waals surface area contributed by atoms with Gasteiger partial charge in [0.1, 0.15) is 0 Å². The SMILES string of the molecule is CC(C)c1cc2c(s1)CCC2C(=O)O. The van der Waals surface area contributed by atoms with Crippen LogP contribution in [-0.4, -0.2) is 11.1 Å². The first kappa shape index (κ1) is 9.71. The van der Waals surface area contributed by atoms with Crippen LogP contribution in [0, 0.1) is 0 Å². The van der Waals surface area contributed by atoms with Crippen LogP contribution in [0.15, 0.2) is 6.07 Å². The van der Waals surface area contributed by atoms with E-state index in [1.165, 1.54) is 9.75 Å². The van der Waals surface area contributed by atoms with Crippen molar-refractivity contribution in [3.05, 3.63) is 21.4 Å². The predicted molar refractivity (Wildman–Crippen MR) is 57.1 cm³/mol. The van der Waals surface area contributed by atoms with Crippen molar-refractivity contribution in [3.63, 3.8) is 0 Å². The molecule has 0 fully saturated rings. The van der Waals surface area contributed by atoms with E-state index in [1.807, 2.05) is 0 Å². The van der Waals surface area contributed by atoms with Crippen molar-refractivity contribution in [2.45, 2.75) is 38.5 Å². The van der Waals surface area contributed by atoms with Gasteiger partial charge in [0.25, 0.3) is 0 Å². The van der Waals surface area contributed by atoms with Crippen molar-refractivity contribution in [1.29, 1.82) is 0 Å². The maximum Gasteiger partial charge on any atom is 0.311 e. The zero-order chi connectivity index (χ0) is 10.3. The number of thiophene rings is 1. The molecule has 0 saturated heterocycles. The Kier molecular flexibility index (Phi) is 2.35. The molecular formula is C11H14O2S. The quantitative estimate of drug-likeness (QED) is 0.814. The van der Waals surface area contributed by atoms with Crippen molar-refractivity contribution in [3.8, 4) is 0 Å². The molecule has 0 aliphatic heterocycles. The molecule has 2 nitrogen and oxygen atoms in total. The first-order valence-corrected chi connectivity index (χ1v) is 5.76. The molecule has 1 aromatic heterocycles. The molecule has 1 aliphatic carbocycles. The minimum absolute atomic E-state index is 0.242. The summed E-state index contributed by atoms with van der Waals surface area (Å²) < 4.78 is 0. The van der Waals surface area contributed by atoms with Crippen LogP contribution in [0.4, 0.5) is 0 Å². The molecule has 0 spiro atoms. The van der Waals surface area contributed by atoms with Gasteiger partial charge in [0.2, 0.25) is 0 Å². The number of aryl methyl sites for hydroxylation is 1. The summed E-state index contributed by atoms with van der Waals surface area (Å²) in [6, 6.07) is 2.09. The highest BCUT2D eigenvalue weighted by atomic mass is 32.1. The standard InChI is InChI=1S/C11H14O2S/c1-6(2)10-5-8-7(11(12)13)3-4-9(8)14-10/h5-7H,3-4H2,1-2H3,(H,12,13). The van der Waals surface area contributed by atoms with Crippen LogP contribution in [0.25, 0.3) is 0 Å². The molecule has 2 rings (SSSR count). The molecule has 1 aromatic rings. The van der Waals surface area contributed by atoms with E-state index in [2.05, 4.69) is 19.9 Å². The third-order valence-electron chi connectivity index (χ3n) is 2.76. The Bertz CT molecular complexity index is 365. The van der Waals surface area contributed by atoms with Gasteiger partial charge in [-0.1, -0.05) is 13.8 Å². The average Bonchev–Trinajstić information content (AvgIpc) is 2.58. The maximum absolute atomic E-state index is 10.9. The zero-order valence-electron chi connectivity index (χ0n) is 8.41. The van der Waals surface area contributed by atoms with Gasteiger partial charge in [0, 0.05) is 9.75 Å². The van der Waals surface area contributed by atoms with Gasteiger partial charge in [-0.2, -0.15) is 0 Å². The second-order valence-corrected chi connectivity index (χ2v) is 5.28. The topological polar surface area (TPSA) is 37.3 Å². The second kappa shape index (κ2) is 3.39. The molecular weight excluding hydrogens is 196 g/mol. The van der Waals surface area contributed by atoms with Gasteiger partial charge in [-0.05, 0) is 30.4 Å². The zero-order valence-corrected chi connectivity index (χ0v) is 9.23. The molecule has 76 valence electrons. The molecule has 1 atom stereocenters. The van der Waals surface area contributed by atoms with E-state index < -0.39 is 5.97 Å². The van der Waals surface area contributed by atoms with Crippen molar-refractivity contribution in [2.75, 3.05) is 0 Å². The van der Waals surface area contributed by atoms with Gasteiger partial charge in [-0.3, -0.25) is 4.79 Å². The van der Waals surface area contributed by atoms with Crippen LogP contribution in [0.2, 0.25) is 0 Å². The molecule has 0 radical (unpaired) electrons. The van der Waals surface area contributed by atoms with Crippen LogP contribution >= 0.6 is 11.3 Å². The molecule has 1 N–H and O–H groups in total. The van der Waals surface area contributed by atoms with E-state index in [0.29, 0.717) is 5.92 Å². The number of hydrogen-bond donors (Lipinski definition) is 1. The molecule has 3 heteroatoms. The largest absolute Gasteiger partial charge is 0.481 e. The summed E-state index contributed by atoms with van der Waals surface area (Å²) in [6.45, 7) is 4.30. The minimum Gasteiger partial charge on any atom is -0.481 e. The van der Waals surface area contributed by atoms with Gasteiger partial charge in [0.15, 0.2) is 0 Å². The second-order valence-electron chi connectivity index (χ2n) is 4.11. The van der Waals surface area contributed by atoms with E-state index in [4.69, 9.17) is 5.11 Å². The van der Waals surface area contributed by atoms with E-state index in [-0.39, 0.29) is 5.92 Å². The Labute approximate surface area is 87.6 Å². The van der Waals surface area contributed by atoms with Crippen molar-refractivity contribution in [1.82, 2.24) is 0 Å². The first-order valence-electron chi connectivity index (χ1n) is 4.95. The molecule has 0 amide bonds. The highest BCUT2D eigenvalue weighted by Gasteiger charge is 2.30. The normalized spacial score (nSPS) is 20.1. The van der Waals surface area contributed by atoms with Crippen LogP contribution < -0.4 is 0 Å². The Morgan fingerprint density at radius 1 is 1.64 bits per heavy atom. The van der Waals surface area contributed by atoms with E-state index >= 15 is 0 Å². The van der Waals surface area contributed by atoms with E-state index in [1.54, 1.807) is 11.3 Å². The van der Waals surface area contributed by atoms with Gasteiger partial charge in [-0.15, -0.1) is 11.3 Å². The monoisotopic (exact) mass is 210 g/mol. The fraction of sp³-hybridized carbons (Fsp3) is 0.545. The highest BCUT2D eigenvalue weighted by Crippen LogP contribution is 2.40. The lowest BCUT2D eigenvalue weighted by Gasteiger charge is -2.03. The molecule has 1 aliphatic rings. The summed E-state index contributed by atoms with van der Waals surface area (Å²) in [6.07, 6.45) is 1.73. The number of carbonyl (C=O) groups is 1. The summed E-state index contributed by atoms with van der Waals surface area (Å²) in [5.74, 6) is -0.398. The summed E-state index contributed by atoms with van der Waals surface area (Å²) in [5, 5.41) is 9.01. The number of carboxylic acid groups (broad SMARTS) is 1. The number of hydrogen-bond acceptors (Lipinski definition) is 2. The van der Waals surface area contributed by atoms with Gasteiger partial charge in [-0.25, -0.2) is 0 Å². The smallest absolute Gasteiger partial charge is 0.311 e. The average molecular weight is 210 g/mol. The van der Waals surface area contributed by atoms with Crippen LogP contribution in [0.5, 0.6) is 0 Å².